The molecule has 1 nitrogen and oxygen atoms in total. The zero-order valence-corrected chi connectivity index (χ0v) is 12.5. The maximum atomic E-state index is 13.9. The Morgan fingerprint density at radius 3 is 2.52 bits per heavy atom. The van der Waals surface area contributed by atoms with Crippen LogP contribution in [0.3, 0.4) is 0 Å². The third-order valence-corrected chi connectivity index (χ3v) is 6.18. The molecule has 2 bridgehead atoms. The van der Waals surface area contributed by atoms with Gasteiger partial charge in [-0.1, -0.05) is 13.0 Å². The van der Waals surface area contributed by atoms with Crippen LogP contribution >= 0.6 is 0 Å². The molecule has 0 amide bonds. The van der Waals surface area contributed by atoms with Crippen molar-refractivity contribution in [2.45, 2.75) is 38.6 Å². The Morgan fingerprint density at radius 1 is 1.19 bits per heavy atom. The average molecular weight is 291 g/mol. The van der Waals surface area contributed by atoms with E-state index in [1.807, 2.05) is 0 Å². The first-order valence-corrected chi connectivity index (χ1v) is 8.36. The molecule has 5 atom stereocenters. The van der Waals surface area contributed by atoms with Crippen molar-refractivity contribution < 1.29 is 8.78 Å². The Balaban J connectivity index is 1.51. The number of rotatable bonds is 5. The highest BCUT2D eigenvalue weighted by atomic mass is 19.1. The quantitative estimate of drug-likeness (QED) is 0.870. The molecular weight excluding hydrogens is 268 g/mol. The topological polar surface area (TPSA) is 12.0 Å². The molecule has 1 aromatic carbocycles. The molecule has 1 N–H and O–H groups in total. The molecule has 0 aromatic heterocycles. The van der Waals surface area contributed by atoms with Gasteiger partial charge in [0.2, 0.25) is 0 Å². The average Bonchev–Trinajstić information content (AvgIpc) is 2.88. The van der Waals surface area contributed by atoms with Crippen molar-refractivity contribution in [1.82, 2.24) is 5.32 Å². The highest BCUT2D eigenvalue weighted by Crippen LogP contribution is 2.70. The van der Waals surface area contributed by atoms with Gasteiger partial charge in [-0.05, 0) is 73.4 Å². The van der Waals surface area contributed by atoms with Crippen LogP contribution in [0.15, 0.2) is 18.2 Å². The van der Waals surface area contributed by atoms with Crippen LogP contribution in [0.1, 0.15) is 31.7 Å². The van der Waals surface area contributed by atoms with Gasteiger partial charge in [0, 0.05) is 12.1 Å². The largest absolute Gasteiger partial charge is 0.314 e. The lowest BCUT2D eigenvalue weighted by molar-refractivity contribution is 0.363. The van der Waals surface area contributed by atoms with Gasteiger partial charge in [-0.2, -0.15) is 0 Å². The van der Waals surface area contributed by atoms with E-state index in [4.69, 9.17) is 0 Å². The van der Waals surface area contributed by atoms with E-state index in [2.05, 4.69) is 12.2 Å². The van der Waals surface area contributed by atoms with Crippen molar-refractivity contribution in [3.05, 3.63) is 35.4 Å². The Hall–Kier alpha value is -0.960. The summed E-state index contributed by atoms with van der Waals surface area (Å²) in [4.78, 5) is 0. The fraction of sp³-hybridized carbons (Fsp3) is 0.667. The maximum Gasteiger partial charge on any atom is 0.129 e. The molecule has 21 heavy (non-hydrogen) atoms. The molecule has 0 spiro atoms. The summed E-state index contributed by atoms with van der Waals surface area (Å²) in [6.07, 6.45) is 4.95. The first-order valence-electron chi connectivity index (χ1n) is 8.36. The highest BCUT2D eigenvalue weighted by molar-refractivity contribution is 5.23. The lowest BCUT2D eigenvalue weighted by atomic mass is 9.93. The predicted molar refractivity (Wildman–Crippen MR) is 78.8 cm³/mol. The molecule has 114 valence electrons. The zero-order valence-electron chi connectivity index (χ0n) is 12.5. The maximum absolute atomic E-state index is 13.9. The summed E-state index contributed by atoms with van der Waals surface area (Å²) < 4.78 is 27.0. The van der Waals surface area contributed by atoms with Gasteiger partial charge in [-0.25, -0.2) is 8.78 Å². The Morgan fingerprint density at radius 2 is 1.90 bits per heavy atom. The van der Waals surface area contributed by atoms with E-state index in [0.717, 1.165) is 42.2 Å². The van der Waals surface area contributed by atoms with E-state index < -0.39 is 11.6 Å². The third kappa shape index (κ3) is 2.21. The summed E-state index contributed by atoms with van der Waals surface area (Å²) in [5, 5.41) is 3.57. The molecule has 4 rings (SSSR count). The predicted octanol–water partition coefficient (Wildman–Crippen LogP) is 3.78. The summed E-state index contributed by atoms with van der Waals surface area (Å²) >= 11 is 0. The van der Waals surface area contributed by atoms with Crippen molar-refractivity contribution >= 4 is 0 Å². The number of likely N-dealkylation sites (N-methyl/N-ethyl adjacent to an activating group) is 1. The van der Waals surface area contributed by atoms with Crippen LogP contribution < -0.4 is 5.32 Å². The smallest absolute Gasteiger partial charge is 0.129 e. The van der Waals surface area contributed by atoms with Crippen LogP contribution in [0.2, 0.25) is 0 Å². The van der Waals surface area contributed by atoms with E-state index >= 15 is 0 Å². The van der Waals surface area contributed by atoms with E-state index in [0.29, 0.717) is 18.0 Å². The van der Waals surface area contributed by atoms with Crippen LogP contribution in [-0.4, -0.2) is 12.6 Å². The van der Waals surface area contributed by atoms with E-state index in [-0.39, 0.29) is 0 Å². The minimum atomic E-state index is -0.488. The number of benzene rings is 1. The first kappa shape index (κ1) is 13.7. The second-order valence-electron chi connectivity index (χ2n) is 7.17. The molecule has 0 heterocycles. The molecule has 3 fully saturated rings. The van der Waals surface area contributed by atoms with Gasteiger partial charge in [0.1, 0.15) is 11.6 Å². The first-order chi connectivity index (χ1) is 10.2. The van der Waals surface area contributed by atoms with Gasteiger partial charge in [0.05, 0.1) is 0 Å². The Labute approximate surface area is 125 Å². The second kappa shape index (κ2) is 5.05. The van der Waals surface area contributed by atoms with Gasteiger partial charge >= 0.3 is 0 Å². The minimum absolute atomic E-state index is 0.355. The molecule has 0 radical (unpaired) electrons. The molecular formula is C18H23F2N. The molecule has 3 heteroatoms. The lowest BCUT2D eigenvalue weighted by Crippen LogP contribution is -2.35. The highest BCUT2D eigenvalue weighted by Gasteiger charge is 2.66. The van der Waals surface area contributed by atoms with Crippen molar-refractivity contribution in [3.63, 3.8) is 0 Å². The minimum Gasteiger partial charge on any atom is -0.314 e. The van der Waals surface area contributed by atoms with Crippen LogP contribution in [-0.2, 0) is 6.42 Å². The number of hydrogen-bond donors (Lipinski definition) is 1. The summed E-state index contributed by atoms with van der Waals surface area (Å²) in [6.45, 7) is 3.03. The molecule has 0 saturated heterocycles. The molecule has 0 aliphatic heterocycles. The fourth-order valence-corrected chi connectivity index (χ4v) is 5.46. The summed E-state index contributed by atoms with van der Waals surface area (Å²) in [7, 11) is 0. The van der Waals surface area contributed by atoms with Crippen LogP contribution in [0.5, 0.6) is 0 Å². The number of nitrogens with one attached hydrogen (secondary N) is 1. The molecule has 3 aliphatic rings. The molecule has 3 aliphatic carbocycles. The second-order valence-corrected chi connectivity index (χ2v) is 7.17. The van der Waals surface area contributed by atoms with E-state index in [9.17, 15) is 8.78 Å². The number of hydrogen-bond acceptors (Lipinski definition) is 1. The van der Waals surface area contributed by atoms with Gasteiger partial charge < -0.3 is 5.32 Å². The standard InChI is InChI=1S/C18H23F2N/c1-2-21-15(8-10-5-6-13(19)9-14(10)20)18-16-11-3-4-12(7-11)17(16)18/h5-6,9,11-12,15-18,21H,2-4,7-8H2,1H3. The van der Waals surface area contributed by atoms with Gasteiger partial charge in [-0.15, -0.1) is 0 Å². The SMILES string of the molecule is CCNC(Cc1ccc(F)cc1F)C1C2C3CCC(C3)C21. The Bertz CT molecular complexity index is 528. The number of fused-ring (bicyclic) bond motifs is 5. The van der Waals surface area contributed by atoms with Crippen LogP contribution in [0, 0.1) is 41.2 Å². The van der Waals surface area contributed by atoms with Crippen LogP contribution in [0.25, 0.3) is 0 Å². The molecule has 1 aromatic rings. The summed E-state index contributed by atoms with van der Waals surface area (Å²) in [5.41, 5.74) is 0.652. The van der Waals surface area contributed by atoms with Gasteiger partial charge in [-0.3, -0.25) is 0 Å². The summed E-state index contributed by atoms with van der Waals surface area (Å²) in [5.74, 6) is 3.48. The fourth-order valence-electron chi connectivity index (χ4n) is 5.46. The number of halogens is 2. The molecule has 3 saturated carbocycles. The van der Waals surface area contributed by atoms with Crippen molar-refractivity contribution in [1.29, 1.82) is 0 Å². The third-order valence-electron chi connectivity index (χ3n) is 6.18. The van der Waals surface area contributed by atoms with Crippen molar-refractivity contribution in [2.24, 2.45) is 29.6 Å². The van der Waals surface area contributed by atoms with Crippen LogP contribution in [0.4, 0.5) is 8.78 Å². The van der Waals surface area contributed by atoms with E-state index in [1.165, 1.54) is 25.3 Å². The monoisotopic (exact) mass is 291 g/mol. The summed E-state index contributed by atoms with van der Waals surface area (Å²) in [6, 6.07) is 4.35. The van der Waals surface area contributed by atoms with Crippen molar-refractivity contribution in [2.75, 3.05) is 6.54 Å². The zero-order chi connectivity index (χ0) is 14.6. The van der Waals surface area contributed by atoms with Gasteiger partial charge in [0.15, 0.2) is 0 Å². The van der Waals surface area contributed by atoms with Gasteiger partial charge in [0.25, 0.3) is 0 Å². The molecule has 5 unspecified atom stereocenters. The Kier molecular flexibility index (Phi) is 3.29. The van der Waals surface area contributed by atoms with E-state index in [1.54, 1.807) is 6.07 Å². The lowest BCUT2D eigenvalue weighted by Gasteiger charge is -2.22. The van der Waals surface area contributed by atoms with Crippen molar-refractivity contribution in [3.8, 4) is 0 Å². The normalized spacial score (nSPS) is 37.6.